The van der Waals surface area contributed by atoms with Gasteiger partial charge in [-0.3, -0.25) is 0 Å². The maximum absolute atomic E-state index is 12.3. The topological polar surface area (TPSA) is 49.6 Å². The van der Waals surface area contributed by atoms with E-state index in [-0.39, 0.29) is 6.03 Å². The predicted octanol–water partition coefficient (Wildman–Crippen LogP) is 2.03. The van der Waals surface area contributed by atoms with Gasteiger partial charge in [-0.2, -0.15) is 0 Å². The number of hydrogen-bond acceptors (Lipinski definition) is 2. The highest BCUT2D eigenvalue weighted by atomic mass is 16.2. The van der Waals surface area contributed by atoms with Crippen molar-refractivity contribution in [3.8, 4) is 11.8 Å². The minimum Gasteiger partial charge on any atom is -0.325 e. The number of likely N-dealkylation sites (tertiary alicyclic amines) is 1. The van der Waals surface area contributed by atoms with Gasteiger partial charge in [-0.25, -0.2) is 4.79 Å². The fourth-order valence-corrected chi connectivity index (χ4v) is 2.51. The second-order valence-electron chi connectivity index (χ2n) is 5.39. The Hall–Kier alpha value is -1.99. The summed E-state index contributed by atoms with van der Waals surface area (Å²) in [4.78, 5) is 16.1. The molecule has 1 aromatic rings. The second-order valence-corrected chi connectivity index (χ2v) is 5.39. The van der Waals surface area contributed by atoms with Crippen molar-refractivity contribution < 1.29 is 4.79 Å². The van der Waals surface area contributed by atoms with Crippen molar-refractivity contribution in [2.75, 3.05) is 26.7 Å². The molecule has 0 bridgehead atoms. The Kier molecular flexibility index (Phi) is 5.65. The first-order chi connectivity index (χ1) is 10.2. The van der Waals surface area contributed by atoms with Crippen molar-refractivity contribution in [3.63, 3.8) is 0 Å². The van der Waals surface area contributed by atoms with Gasteiger partial charge in [0.1, 0.15) is 0 Å². The van der Waals surface area contributed by atoms with Crippen molar-refractivity contribution in [2.24, 2.45) is 5.73 Å². The molecule has 1 aromatic carbocycles. The van der Waals surface area contributed by atoms with Crippen molar-refractivity contribution in [2.45, 2.75) is 25.8 Å². The average molecular weight is 285 g/mol. The molecule has 0 aromatic heterocycles. The highest BCUT2D eigenvalue weighted by molar-refractivity contribution is 5.74. The molecule has 0 spiro atoms. The maximum atomic E-state index is 12.3. The Labute approximate surface area is 126 Å². The Morgan fingerprint density at radius 3 is 2.52 bits per heavy atom. The SMILES string of the molecule is CN(Cc1ccc(C#CCN)cc1)C(=O)N1CCCCC1. The lowest BCUT2D eigenvalue weighted by Gasteiger charge is -2.31. The second kappa shape index (κ2) is 7.70. The van der Waals surface area contributed by atoms with Crippen molar-refractivity contribution in [1.82, 2.24) is 9.80 Å². The molecule has 0 saturated carbocycles. The van der Waals surface area contributed by atoms with Crippen LogP contribution >= 0.6 is 0 Å². The first-order valence-corrected chi connectivity index (χ1v) is 7.48. The fraction of sp³-hybridized carbons (Fsp3) is 0.471. The minimum atomic E-state index is 0.127. The molecule has 4 nitrogen and oxygen atoms in total. The van der Waals surface area contributed by atoms with Gasteiger partial charge in [0.05, 0.1) is 6.54 Å². The monoisotopic (exact) mass is 285 g/mol. The zero-order valence-corrected chi connectivity index (χ0v) is 12.6. The van der Waals surface area contributed by atoms with Crippen LogP contribution in [0.15, 0.2) is 24.3 Å². The number of piperidine rings is 1. The smallest absolute Gasteiger partial charge is 0.320 e. The van der Waals surface area contributed by atoms with Crippen LogP contribution in [-0.4, -0.2) is 42.5 Å². The number of nitrogens with two attached hydrogens (primary N) is 1. The van der Waals surface area contributed by atoms with Crippen LogP contribution in [0.2, 0.25) is 0 Å². The Bertz CT molecular complexity index is 521. The highest BCUT2D eigenvalue weighted by Gasteiger charge is 2.19. The van der Waals surface area contributed by atoms with Crippen LogP contribution in [0, 0.1) is 11.8 Å². The molecular weight excluding hydrogens is 262 g/mol. The zero-order valence-electron chi connectivity index (χ0n) is 12.6. The first-order valence-electron chi connectivity index (χ1n) is 7.48. The van der Waals surface area contributed by atoms with E-state index in [4.69, 9.17) is 5.73 Å². The van der Waals surface area contributed by atoms with Crippen LogP contribution < -0.4 is 5.73 Å². The molecule has 1 saturated heterocycles. The summed E-state index contributed by atoms with van der Waals surface area (Å²) < 4.78 is 0. The van der Waals surface area contributed by atoms with E-state index >= 15 is 0 Å². The molecule has 0 unspecified atom stereocenters. The summed E-state index contributed by atoms with van der Waals surface area (Å²) in [5.41, 5.74) is 7.42. The van der Waals surface area contributed by atoms with Gasteiger partial charge in [-0.1, -0.05) is 24.0 Å². The van der Waals surface area contributed by atoms with Crippen LogP contribution in [-0.2, 0) is 6.54 Å². The third kappa shape index (κ3) is 4.51. The largest absolute Gasteiger partial charge is 0.325 e. The van der Waals surface area contributed by atoms with Gasteiger partial charge < -0.3 is 15.5 Å². The third-order valence-corrected chi connectivity index (χ3v) is 3.66. The van der Waals surface area contributed by atoms with E-state index in [1.807, 2.05) is 36.2 Å². The Balaban J connectivity index is 1.92. The quantitative estimate of drug-likeness (QED) is 0.845. The van der Waals surface area contributed by atoms with E-state index in [1.165, 1.54) is 6.42 Å². The molecule has 4 heteroatoms. The summed E-state index contributed by atoms with van der Waals surface area (Å²) in [6, 6.07) is 8.09. The number of nitrogens with zero attached hydrogens (tertiary/aromatic N) is 2. The predicted molar refractivity (Wildman–Crippen MR) is 84.7 cm³/mol. The molecule has 1 fully saturated rings. The van der Waals surface area contributed by atoms with E-state index in [0.29, 0.717) is 13.1 Å². The van der Waals surface area contributed by atoms with Crippen molar-refractivity contribution in [1.29, 1.82) is 0 Å². The summed E-state index contributed by atoms with van der Waals surface area (Å²) in [6.45, 7) is 2.77. The van der Waals surface area contributed by atoms with Crippen LogP contribution in [0.3, 0.4) is 0 Å². The normalized spacial score (nSPS) is 14.3. The summed E-state index contributed by atoms with van der Waals surface area (Å²) >= 11 is 0. The summed E-state index contributed by atoms with van der Waals surface area (Å²) in [5, 5.41) is 0. The van der Waals surface area contributed by atoms with Crippen LogP contribution in [0.4, 0.5) is 4.79 Å². The molecule has 1 aliphatic rings. The lowest BCUT2D eigenvalue weighted by atomic mass is 10.1. The molecule has 2 N–H and O–H groups in total. The lowest BCUT2D eigenvalue weighted by molar-refractivity contribution is 0.151. The summed E-state index contributed by atoms with van der Waals surface area (Å²) in [6.07, 6.45) is 3.47. The standard InChI is InChI=1S/C17H23N3O/c1-19(17(21)20-12-3-2-4-13-20)14-16-9-7-15(8-10-16)6-5-11-18/h7-10H,2-4,11-14,18H2,1H3. The number of rotatable bonds is 2. The van der Waals surface area contributed by atoms with Gasteiger partial charge in [0.2, 0.25) is 0 Å². The number of urea groups is 1. The molecule has 0 aliphatic carbocycles. The molecule has 2 amide bonds. The fourth-order valence-electron chi connectivity index (χ4n) is 2.51. The van der Waals surface area contributed by atoms with Crippen LogP contribution in [0.1, 0.15) is 30.4 Å². The Morgan fingerprint density at radius 2 is 1.90 bits per heavy atom. The van der Waals surface area contributed by atoms with E-state index in [9.17, 15) is 4.79 Å². The summed E-state index contributed by atoms with van der Waals surface area (Å²) in [5.74, 6) is 5.83. The molecular formula is C17H23N3O. The van der Waals surface area contributed by atoms with Crippen molar-refractivity contribution in [3.05, 3.63) is 35.4 Å². The maximum Gasteiger partial charge on any atom is 0.320 e. The van der Waals surface area contributed by atoms with Gasteiger partial charge in [0.15, 0.2) is 0 Å². The number of carbonyl (C=O) groups is 1. The van der Waals surface area contributed by atoms with Crippen LogP contribution in [0.25, 0.3) is 0 Å². The molecule has 1 aliphatic heterocycles. The Morgan fingerprint density at radius 1 is 1.24 bits per heavy atom. The number of carbonyl (C=O) groups excluding carboxylic acids is 1. The molecule has 21 heavy (non-hydrogen) atoms. The molecule has 0 radical (unpaired) electrons. The molecule has 0 atom stereocenters. The number of amides is 2. The first kappa shape index (κ1) is 15.4. The third-order valence-electron chi connectivity index (χ3n) is 3.66. The molecule has 1 heterocycles. The van der Waals surface area contributed by atoms with Gasteiger partial charge in [-0.15, -0.1) is 0 Å². The average Bonchev–Trinajstić information content (AvgIpc) is 2.54. The van der Waals surface area contributed by atoms with Gasteiger partial charge in [0.25, 0.3) is 0 Å². The van der Waals surface area contributed by atoms with E-state index in [0.717, 1.165) is 37.1 Å². The number of benzene rings is 1. The number of hydrogen-bond donors (Lipinski definition) is 1. The molecule has 2 rings (SSSR count). The lowest BCUT2D eigenvalue weighted by Crippen LogP contribution is -2.43. The molecule has 112 valence electrons. The highest BCUT2D eigenvalue weighted by Crippen LogP contribution is 2.12. The zero-order chi connectivity index (χ0) is 15.1. The summed E-state index contributed by atoms with van der Waals surface area (Å²) in [7, 11) is 1.86. The van der Waals surface area contributed by atoms with Gasteiger partial charge in [-0.05, 0) is 37.0 Å². The van der Waals surface area contributed by atoms with E-state index in [2.05, 4.69) is 11.8 Å². The van der Waals surface area contributed by atoms with Crippen molar-refractivity contribution >= 4 is 6.03 Å². The minimum absolute atomic E-state index is 0.127. The van der Waals surface area contributed by atoms with Gasteiger partial charge >= 0.3 is 6.03 Å². The van der Waals surface area contributed by atoms with Crippen LogP contribution in [0.5, 0.6) is 0 Å². The van der Waals surface area contributed by atoms with Gasteiger partial charge in [0, 0.05) is 32.2 Å². The van der Waals surface area contributed by atoms with E-state index < -0.39 is 0 Å². The van der Waals surface area contributed by atoms with E-state index in [1.54, 1.807) is 4.90 Å².